The minimum atomic E-state index is -1.07. The van der Waals surface area contributed by atoms with Gasteiger partial charge >= 0.3 is 11.9 Å². The van der Waals surface area contributed by atoms with Gasteiger partial charge < -0.3 is 19.3 Å². The summed E-state index contributed by atoms with van der Waals surface area (Å²) in [5.41, 5.74) is 1.87. The number of aliphatic imine (C=N–C) groups is 1. The fourth-order valence-electron chi connectivity index (χ4n) is 2.04. The second-order valence-corrected chi connectivity index (χ2v) is 6.18. The van der Waals surface area contributed by atoms with Crippen molar-refractivity contribution in [1.29, 1.82) is 0 Å². The highest BCUT2D eigenvalue weighted by Crippen LogP contribution is 2.33. The van der Waals surface area contributed by atoms with Crippen LogP contribution in [-0.4, -0.2) is 44.1 Å². The number of ether oxygens (including phenoxy) is 3. The first-order valence-corrected chi connectivity index (χ1v) is 8.47. The van der Waals surface area contributed by atoms with E-state index in [-0.39, 0.29) is 0 Å². The van der Waals surface area contributed by atoms with Crippen LogP contribution in [0.3, 0.4) is 0 Å². The van der Waals surface area contributed by atoms with Gasteiger partial charge in [0.25, 0.3) is 0 Å². The van der Waals surface area contributed by atoms with Gasteiger partial charge in [0.15, 0.2) is 18.1 Å². The molecule has 0 heterocycles. The SMILES string of the molecule is COC(=O)c1ccc(N=Cc2cc(I)c(OCC(=O)O)c(OC)c2)cc1. The Morgan fingerprint density at radius 3 is 2.46 bits per heavy atom. The molecule has 0 atom stereocenters. The molecule has 0 radical (unpaired) electrons. The molecule has 0 unspecified atom stereocenters. The number of hydrogen-bond acceptors (Lipinski definition) is 6. The fourth-order valence-corrected chi connectivity index (χ4v) is 2.82. The summed E-state index contributed by atoms with van der Waals surface area (Å²) in [5.74, 6) is -0.684. The van der Waals surface area contributed by atoms with Gasteiger partial charge in [-0.2, -0.15) is 0 Å². The maximum atomic E-state index is 11.4. The lowest BCUT2D eigenvalue weighted by Crippen LogP contribution is -2.11. The molecule has 7 nitrogen and oxygen atoms in total. The number of aliphatic carboxylic acids is 1. The molecule has 136 valence electrons. The first kappa shape index (κ1) is 19.7. The van der Waals surface area contributed by atoms with Crippen molar-refractivity contribution in [2.24, 2.45) is 4.99 Å². The molecule has 0 aliphatic heterocycles. The van der Waals surface area contributed by atoms with Crippen LogP contribution in [0.4, 0.5) is 5.69 Å². The third-order valence-corrected chi connectivity index (χ3v) is 4.04. The summed E-state index contributed by atoms with van der Waals surface area (Å²) in [4.78, 5) is 26.4. The van der Waals surface area contributed by atoms with Crippen molar-refractivity contribution in [3.8, 4) is 11.5 Å². The lowest BCUT2D eigenvalue weighted by Gasteiger charge is -2.12. The number of nitrogens with zero attached hydrogens (tertiary/aromatic N) is 1. The Morgan fingerprint density at radius 1 is 1.19 bits per heavy atom. The Bertz CT molecular complexity index is 832. The van der Waals surface area contributed by atoms with E-state index in [0.717, 1.165) is 5.56 Å². The average Bonchev–Trinajstić information content (AvgIpc) is 2.64. The van der Waals surface area contributed by atoms with E-state index in [0.29, 0.717) is 26.3 Å². The molecule has 2 rings (SSSR count). The number of carboxylic acid groups (broad SMARTS) is 1. The van der Waals surface area contributed by atoms with Crippen molar-refractivity contribution < 1.29 is 28.9 Å². The number of benzene rings is 2. The zero-order chi connectivity index (χ0) is 19.1. The lowest BCUT2D eigenvalue weighted by atomic mass is 10.2. The molecule has 0 aromatic heterocycles. The topological polar surface area (TPSA) is 94.4 Å². The number of esters is 1. The van der Waals surface area contributed by atoms with Crippen LogP contribution in [0.15, 0.2) is 41.4 Å². The second-order valence-electron chi connectivity index (χ2n) is 5.01. The van der Waals surface area contributed by atoms with E-state index in [1.165, 1.54) is 14.2 Å². The van der Waals surface area contributed by atoms with Gasteiger partial charge in [0, 0.05) is 6.21 Å². The molecule has 0 saturated heterocycles. The van der Waals surface area contributed by atoms with E-state index in [9.17, 15) is 9.59 Å². The monoisotopic (exact) mass is 469 g/mol. The predicted octanol–water partition coefficient (Wildman–Crippen LogP) is 3.30. The molecule has 2 aromatic rings. The van der Waals surface area contributed by atoms with Crippen molar-refractivity contribution in [2.75, 3.05) is 20.8 Å². The van der Waals surface area contributed by atoms with Crippen LogP contribution in [-0.2, 0) is 9.53 Å². The Labute approximate surface area is 163 Å². The van der Waals surface area contributed by atoms with Gasteiger partial charge in [-0.1, -0.05) is 0 Å². The largest absolute Gasteiger partial charge is 0.493 e. The first-order chi connectivity index (χ1) is 12.4. The van der Waals surface area contributed by atoms with Crippen LogP contribution in [0.2, 0.25) is 0 Å². The predicted molar refractivity (Wildman–Crippen MR) is 104 cm³/mol. The summed E-state index contributed by atoms with van der Waals surface area (Å²) in [6, 6.07) is 10.2. The quantitative estimate of drug-likeness (QED) is 0.380. The Morgan fingerprint density at radius 2 is 1.88 bits per heavy atom. The number of rotatable bonds is 7. The van der Waals surface area contributed by atoms with Gasteiger partial charge in [0.1, 0.15) is 0 Å². The maximum Gasteiger partial charge on any atom is 0.341 e. The highest BCUT2D eigenvalue weighted by atomic mass is 127. The number of halogens is 1. The molecule has 0 spiro atoms. The zero-order valence-electron chi connectivity index (χ0n) is 14.1. The van der Waals surface area contributed by atoms with Crippen LogP contribution in [0, 0.1) is 3.57 Å². The van der Waals surface area contributed by atoms with Gasteiger partial charge in [0.2, 0.25) is 0 Å². The number of carbonyl (C=O) groups excluding carboxylic acids is 1. The molecule has 0 bridgehead atoms. The number of carbonyl (C=O) groups is 2. The second kappa shape index (κ2) is 9.18. The van der Waals surface area contributed by atoms with Crippen LogP contribution in [0.25, 0.3) is 0 Å². The third-order valence-electron chi connectivity index (χ3n) is 3.24. The minimum absolute atomic E-state index is 0.370. The van der Waals surface area contributed by atoms with Gasteiger partial charge in [-0.25, -0.2) is 9.59 Å². The average molecular weight is 469 g/mol. The summed E-state index contributed by atoms with van der Waals surface area (Å²) < 4.78 is 15.9. The standard InChI is InChI=1S/C18H16INO6/c1-24-15-8-11(7-14(19)17(15)26-10-16(21)22)9-20-13-5-3-12(4-6-13)18(23)25-2/h3-9H,10H2,1-2H3,(H,21,22). The number of methoxy groups -OCH3 is 2. The van der Waals surface area contributed by atoms with Gasteiger partial charge in [-0.3, -0.25) is 4.99 Å². The Kier molecular flexibility index (Phi) is 6.96. The van der Waals surface area contributed by atoms with Gasteiger partial charge in [0.05, 0.1) is 29.0 Å². The fraction of sp³-hybridized carbons (Fsp3) is 0.167. The summed E-state index contributed by atoms with van der Waals surface area (Å²) in [5, 5.41) is 8.75. The highest BCUT2D eigenvalue weighted by molar-refractivity contribution is 14.1. The third kappa shape index (κ3) is 5.19. The highest BCUT2D eigenvalue weighted by Gasteiger charge is 2.12. The van der Waals surface area contributed by atoms with Gasteiger partial charge in [-0.05, 0) is 64.6 Å². The van der Waals surface area contributed by atoms with Crippen molar-refractivity contribution in [1.82, 2.24) is 0 Å². The molecule has 0 aliphatic rings. The zero-order valence-corrected chi connectivity index (χ0v) is 16.2. The molecule has 26 heavy (non-hydrogen) atoms. The molecule has 1 N–H and O–H groups in total. The number of hydrogen-bond donors (Lipinski definition) is 1. The molecule has 0 saturated carbocycles. The summed E-state index contributed by atoms with van der Waals surface area (Å²) >= 11 is 2.04. The van der Waals surface area contributed by atoms with E-state index >= 15 is 0 Å². The van der Waals surface area contributed by atoms with Crippen molar-refractivity contribution in [2.45, 2.75) is 0 Å². The van der Waals surface area contributed by atoms with Crippen LogP contribution >= 0.6 is 22.6 Å². The van der Waals surface area contributed by atoms with E-state index in [2.05, 4.69) is 9.73 Å². The summed E-state index contributed by atoms with van der Waals surface area (Å²) in [6.07, 6.45) is 1.64. The molecule has 8 heteroatoms. The summed E-state index contributed by atoms with van der Waals surface area (Å²) in [7, 11) is 2.80. The van der Waals surface area contributed by atoms with E-state index in [1.807, 2.05) is 22.6 Å². The van der Waals surface area contributed by atoms with E-state index in [1.54, 1.807) is 42.6 Å². The van der Waals surface area contributed by atoms with Crippen LogP contribution in [0.1, 0.15) is 15.9 Å². The maximum absolute atomic E-state index is 11.4. The van der Waals surface area contributed by atoms with Crippen molar-refractivity contribution in [3.05, 3.63) is 51.1 Å². The van der Waals surface area contributed by atoms with Gasteiger partial charge in [-0.15, -0.1) is 0 Å². The summed E-state index contributed by atoms with van der Waals surface area (Å²) in [6.45, 7) is -0.452. The Balaban J connectivity index is 2.20. The lowest BCUT2D eigenvalue weighted by molar-refractivity contribution is -0.139. The number of carboxylic acids is 1. The normalized spacial score (nSPS) is 10.6. The molecule has 0 fully saturated rings. The molecule has 0 amide bonds. The molecule has 0 aliphatic carbocycles. The van der Waals surface area contributed by atoms with Crippen LogP contribution in [0.5, 0.6) is 11.5 Å². The van der Waals surface area contributed by atoms with Crippen molar-refractivity contribution >= 4 is 46.4 Å². The smallest absolute Gasteiger partial charge is 0.341 e. The van der Waals surface area contributed by atoms with E-state index in [4.69, 9.17) is 14.6 Å². The van der Waals surface area contributed by atoms with Crippen molar-refractivity contribution in [3.63, 3.8) is 0 Å². The minimum Gasteiger partial charge on any atom is -0.493 e. The molecular weight excluding hydrogens is 453 g/mol. The molecule has 2 aromatic carbocycles. The van der Waals surface area contributed by atoms with E-state index < -0.39 is 18.5 Å². The Hall–Kier alpha value is -2.62. The molecular formula is C18H16INO6. The van der Waals surface area contributed by atoms with Crippen LogP contribution < -0.4 is 9.47 Å². The first-order valence-electron chi connectivity index (χ1n) is 7.39.